The third kappa shape index (κ3) is 4.82. The number of nitrogens with one attached hydrogen (secondary N) is 1. The molecule has 27 heavy (non-hydrogen) atoms. The van der Waals surface area contributed by atoms with Gasteiger partial charge in [0.2, 0.25) is 0 Å². The summed E-state index contributed by atoms with van der Waals surface area (Å²) in [6.45, 7) is 2.28. The van der Waals surface area contributed by atoms with Crippen LogP contribution in [0.2, 0.25) is 0 Å². The molecule has 0 fully saturated rings. The van der Waals surface area contributed by atoms with Gasteiger partial charge in [-0.3, -0.25) is 4.79 Å². The molecule has 1 amide bonds. The number of hydrogen-bond acceptors (Lipinski definition) is 5. The Labute approximate surface area is 158 Å². The average molecular weight is 362 g/mol. The predicted octanol–water partition coefficient (Wildman–Crippen LogP) is 3.81. The zero-order chi connectivity index (χ0) is 19.2. The highest BCUT2D eigenvalue weighted by Gasteiger charge is 2.16. The van der Waals surface area contributed by atoms with Crippen molar-refractivity contribution in [1.29, 1.82) is 0 Å². The molecule has 0 radical (unpaired) electrons. The molecule has 3 rings (SSSR count). The number of anilines is 2. The number of rotatable bonds is 6. The molecule has 0 saturated heterocycles. The minimum atomic E-state index is -0.155. The Hall–Kier alpha value is -3.41. The summed E-state index contributed by atoms with van der Waals surface area (Å²) in [7, 11) is 3.38. The predicted molar refractivity (Wildman–Crippen MR) is 105 cm³/mol. The van der Waals surface area contributed by atoms with E-state index >= 15 is 0 Å². The van der Waals surface area contributed by atoms with E-state index in [9.17, 15) is 4.79 Å². The van der Waals surface area contributed by atoms with Crippen molar-refractivity contribution >= 4 is 17.4 Å². The first-order valence-electron chi connectivity index (χ1n) is 8.61. The van der Waals surface area contributed by atoms with E-state index in [1.54, 1.807) is 32.0 Å². The fourth-order valence-corrected chi connectivity index (χ4v) is 2.71. The lowest BCUT2D eigenvalue weighted by atomic mass is 10.2. The molecule has 0 aliphatic rings. The summed E-state index contributed by atoms with van der Waals surface area (Å²) in [6, 6.07) is 19.0. The van der Waals surface area contributed by atoms with Crippen molar-refractivity contribution in [3.8, 4) is 5.75 Å². The molecule has 138 valence electrons. The fraction of sp³-hybridized carbons (Fsp3) is 0.190. The Morgan fingerprint density at radius 2 is 1.85 bits per heavy atom. The van der Waals surface area contributed by atoms with Crippen molar-refractivity contribution in [1.82, 2.24) is 14.9 Å². The Morgan fingerprint density at radius 1 is 1.07 bits per heavy atom. The number of aromatic nitrogens is 2. The second-order valence-corrected chi connectivity index (χ2v) is 6.19. The van der Waals surface area contributed by atoms with Crippen LogP contribution < -0.4 is 10.1 Å². The molecule has 3 aromatic rings. The van der Waals surface area contributed by atoms with Gasteiger partial charge in [0.05, 0.1) is 7.11 Å². The van der Waals surface area contributed by atoms with E-state index in [1.807, 2.05) is 54.6 Å². The lowest BCUT2D eigenvalue weighted by molar-refractivity contribution is 0.0779. The van der Waals surface area contributed by atoms with Crippen molar-refractivity contribution in [3.63, 3.8) is 0 Å². The van der Waals surface area contributed by atoms with Crippen LogP contribution in [0.15, 0.2) is 60.7 Å². The lowest BCUT2D eigenvalue weighted by Gasteiger charge is -2.17. The number of ether oxygens (including phenoxy) is 1. The lowest BCUT2D eigenvalue weighted by Crippen LogP contribution is -2.27. The molecule has 1 N–H and O–H groups in total. The fourth-order valence-electron chi connectivity index (χ4n) is 2.71. The van der Waals surface area contributed by atoms with E-state index in [0.717, 1.165) is 17.0 Å². The molecule has 0 saturated carbocycles. The molecular weight excluding hydrogens is 340 g/mol. The van der Waals surface area contributed by atoms with Gasteiger partial charge in [0, 0.05) is 31.4 Å². The zero-order valence-electron chi connectivity index (χ0n) is 15.6. The molecule has 2 aromatic carbocycles. The highest BCUT2D eigenvalue weighted by Crippen LogP contribution is 2.21. The maximum absolute atomic E-state index is 12.8. The van der Waals surface area contributed by atoms with Gasteiger partial charge in [-0.15, -0.1) is 0 Å². The van der Waals surface area contributed by atoms with Crippen molar-refractivity contribution in [2.75, 3.05) is 19.5 Å². The van der Waals surface area contributed by atoms with Gasteiger partial charge in [-0.25, -0.2) is 9.97 Å². The van der Waals surface area contributed by atoms with Crippen LogP contribution in [0.4, 0.5) is 11.5 Å². The van der Waals surface area contributed by atoms with E-state index in [2.05, 4.69) is 15.3 Å². The van der Waals surface area contributed by atoms with Crippen LogP contribution in [-0.2, 0) is 6.54 Å². The number of carbonyl (C=O) groups excluding carboxylic acids is 1. The second kappa shape index (κ2) is 8.31. The Kier molecular flexibility index (Phi) is 5.66. The van der Waals surface area contributed by atoms with Crippen molar-refractivity contribution in [2.45, 2.75) is 13.5 Å². The summed E-state index contributed by atoms with van der Waals surface area (Å²) in [4.78, 5) is 23.1. The van der Waals surface area contributed by atoms with Gasteiger partial charge < -0.3 is 15.0 Å². The van der Waals surface area contributed by atoms with Crippen LogP contribution in [0, 0.1) is 6.92 Å². The number of methoxy groups -OCH3 is 1. The van der Waals surface area contributed by atoms with Crippen LogP contribution >= 0.6 is 0 Å². The van der Waals surface area contributed by atoms with Crippen molar-refractivity contribution in [3.05, 3.63) is 77.7 Å². The second-order valence-electron chi connectivity index (χ2n) is 6.19. The van der Waals surface area contributed by atoms with Crippen LogP contribution in [0.5, 0.6) is 5.75 Å². The number of carbonyl (C=O) groups is 1. The normalized spacial score (nSPS) is 10.3. The van der Waals surface area contributed by atoms with Gasteiger partial charge in [0.15, 0.2) is 0 Å². The number of aryl methyl sites for hydroxylation is 1. The quantitative estimate of drug-likeness (QED) is 0.722. The standard InChI is InChI=1S/C21H22N4O2/c1-15-22-19(21(26)25(2)14-16-8-5-4-6-9-16)13-20(23-15)24-17-10-7-11-18(12-17)27-3/h4-13H,14H2,1-3H3,(H,22,23,24). The van der Waals surface area contributed by atoms with E-state index in [4.69, 9.17) is 4.74 Å². The maximum Gasteiger partial charge on any atom is 0.272 e. The summed E-state index contributed by atoms with van der Waals surface area (Å²) >= 11 is 0. The molecule has 0 aliphatic heterocycles. The minimum Gasteiger partial charge on any atom is -0.497 e. The summed E-state index contributed by atoms with van der Waals surface area (Å²) in [6.07, 6.45) is 0. The van der Waals surface area contributed by atoms with Gasteiger partial charge >= 0.3 is 0 Å². The minimum absolute atomic E-state index is 0.155. The molecule has 0 aliphatic carbocycles. The van der Waals surface area contributed by atoms with Gasteiger partial charge in [-0.05, 0) is 24.6 Å². The Balaban J connectivity index is 1.78. The van der Waals surface area contributed by atoms with E-state index in [0.29, 0.717) is 23.9 Å². The molecule has 6 heteroatoms. The Morgan fingerprint density at radius 3 is 2.59 bits per heavy atom. The summed E-state index contributed by atoms with van der Waals surface area (Å²) < 4.78 is 5.23. The Bertz CT molecular complexity index is 928. The van der Waals surface area contributed by atoms with Crippen LogP contribution in [0.3, 0.4) is 0 Å². The van der Waals surface area contributed by atoms with Crippen LogP contribution in [-0.4, -0.2) is 34.9 Å². The molecule has 6 nitrogen and oxygen atoms in total. The third-order valence-corrected chi connectivity index (χ3v) is 4.01. The molecule has 0 atom stereocenters. The first-order chi connectivity index (χ1) is 13.0. The van der Waals surface area contributed by atoms with Gasteiger partial charge in [0.1, 0.15) is 23.1 Å². The van der Waals surface area contributed by atoms with Gasteiger partial charge in [-0.1, -0.05) is 36.4 Å². The maximum atomic E-state index is 12.8. The van der Waals surface area contributed by atoms with Gasteiger partial charge in [-0.2, -0.15) is 0 Å². The monoisotopic (exact) mass is 362 g/mol. The average Bonchev–Trinajstić information content (AvgIpc) is 2.67. The molecule has 1 aromatic heterocycles. The first-order valence-corrected chi connectivity index (χ1v) is 8.61. The molecule has 0 spiro atoms. The first kappa shape index (κ1) is 18.4. The summed E-state index contributed by atoms with van der Waals surface area (Å²) in [5.41, 5.74) is 2.24. The number of nitrogens with zero attached hydrogens (tertiary/aromatic N) is 3. The van der Waals surface area contributed by atoms with Gasteiger partial charge in [0.25, 0.3) is 5.91 Å². The third-order valence-electron chi connectivity index (χ3n) is 4.01. The van der Waals surface area contributed by atoms with E-state index in [-0.39, 0.29) is 5.91 Å². The number of benzene rings is 2. The summed E-state index contributed by atoms with van der Waals surface area (Å²) in [5.74, 6) is 1.68. The smallest absolute Gasteiger partial charge is 0.272 e. The highest BCUT2D eigenvalue weighted by molar-refractivity contribution is 5.93. The van der Waals surface area contributed by atoms with Crippen LogP contribution in [0.1, 0.15) is 21.9 Å². The highest BCUT2D eigenvalue weighted by atomic mass is 16.5. The molecular formula is C21H22N4O2. The molecule has 0 bridgehead atoms. The van der Waals surface area contributed by atoms with E-state index in [1.165, 1.54) is 0 Å². The SMILES string of the molecule is COc1cccc(Nc2cc(C(=O)N(C)Cc3ccccc3)nc(C)n2)c1. The summed E-state index contributed by atoms with van der Waals surface area (Å²) in [5, 5.41) is 3.20. The molecule has 1 heterocycles. The van der Waals surface area contributed by atoms with Crippen LogP contribution in [0.25, 0.3) is 0 Å². The largest absolute Gasteiger partial charge is 0.497 e. The van der Waals surface area contributed by atoms with Crippen molar-refractivity contribution in [2.24, 2.45) is 0 Å². The molecule has 0 unspecified atom stereocenters. The number of amides is 1. The number of hydrogen-bond donors (Lipinski definition) is 1. The van der Waals surface area contributed by atoms with Crippen molar-refractivity contribution < 1.29 is 9.53 Å². The topological polar surface area (TPSA) is 67.3 Å². The zero-order valence-corrected chi connectivity index (χ0v) is 15.6. The van der Waals surface area contributed by atoms with E-state index < -0.39 is 0 Å².